The summed E-state index contributed by atoms with van der Waals surface area (Å²) in [5.74, 6) is 2.97. The lowest BCUT2D eigenvalue weighted by Gasteiger charge is -2.54. The first-order valence-electron chi connectivity index (χ1n) is 49.7. The van der Waals surface area contributed by atoms with E-state index in [1.807, 2.05) is 141 Å². The van der Waals surface area contributed by atoms with Crippen LogP contribution < -0.4 is 34.8 Å². The van der Waals surface area contributed by atoms with Gasteiger partial charge in [0.1, 0.15) is 51.5 Å². The number of hydrogen-bond donors (Lipinski definition) is 10. The van der Waals surface area contributed by atoms with Gasteiger partial charge in [0.05, 0.1) is 56.2 Å². The average Bonchev–Trinajstić information content (AvgIpc) is 0.704. The highest BCUT2D eigenvalue weighted by atomic mass is 32.2. The van der Waals surface area contributed by atoms with Crippen LogP contribution in [0.4, 0.5) is 17.1 Å². The molecule has 0 aromatic heterocycles. The first-order chi connectivity index (χ1) is 69.0. The highest BCUT2D eigenvalue weighted by Gasteiger charge is 2.53. The molecule has 9 heterocycles. The molecule has 5 saturated heterocycles. The molecule has 0 bridgehead atoms. The van der Waals surface area contributed by atoms with Crippen LogP contribution in [0.15, 0.2) is 295 Å². The minimum atomic E-state index is -3.67. The molecule has 9 aliphatic heterocycles. The van der Waals surface area contributed by atoms with E-state index in [4.69, 9.17) is 14.2 Å². The van der Waals surface area contributed by atoms with E-state index in [1.54, 1.807) is 67.8 Å². The summed E-state index contributed by atoms with van der Waals surface area (Å²) in [6.45, 7) is 21.7. The number of methoxy groups -OCH3 is 1. The van der Waals surface area contributed by atoms with Crippen molar-refractivity contribution in [2.75, 3.05) is 101 Å². The molecule has 20 heteroatoms. The van der Waals surface area contributed by atoms with Crippen LogP contribution in [-0.4, -0.2) is 131 Å². The lowest BCUT2D eigenvalue weighted by atomic mass is 9.64. The van der Waals surface area contributed by atoms with Gasteiger partial charge < -0.3 is 75.7 Å². The summed E-state index contributed by atoms with van der Waals surface area (Å²) in [5.41, 5.74) is 40.4. The van der Waals surface area contributed by atoms with Crippen LogP contribution in [0, 0.1) is 34.6 Å². The fraction of sp³-hybridized carbons (Fsp3) is 0.268. The smallest absolute Gasteiger partial charge is 0.265 e. The molecule has 726 valence electrons. The third-order valence-corrected chi connectivity index (χ3v) is 35.5. The van der Waals surface area contributed by atoms with Gasteiger partial charge >= 0.3 is 0 Å². The monoisotopic (exact) mass is 1940 g/mol. The number of aryl methyl sites for hydroxylation is 6. The Morgan fingerprint density at radius 3 is 1.24 bits per heavy atom. The van der Waals surface area contributed by atoms with Crippen molar-refractivity contribution in [2.45, 2.75) is 135 Å². The SMILES string of the molecule is CCc1ccc2c(c1)S(=O)(=O)N(Cc1ccccc1)c1cc(OC)ccc1-2.CN1c2cc(O)ccc2-c2ccc(O)cc2C12COC2.Cc1ccc2c(c1)C1(CCC1)Sc1cc(O)ccc1-2.Cc1ccc2c(c1)C1(CNC1)Cc1cc(O)ccc1-2.Cc1ccc2c(c1)CC1(CNC1)c1cc(O)ccc1-2.Cc1ccc2c(c1)CC1(COC1)c1cc(O)ccc1-2.Cc1ccc2c(c1)N(C)C1(CNC1)c1cc(O)ccc1-2. The minimum absolute atomic E-state index is 0.0190. The van der Waals surface area contributed by atoms with Crippen LogP contribution in [0.3, 0.4) is 0 Å². The molecular weight excluding hydrogens is 1820 g/mol. The number of phenolic OH excluding ortho intramolecular Hbond substituents is 7. The third kappa shape index (κ3) is 16.5. The number of rotatable bonds is 4. The molecule has 18 nitrogen and oxygen atoms in total. The average molecular weight is 1940 g/mol. The number of likely N-dealkylation sites (N-methyl/N-ethyl adjacent to an activating group) is 2. The van der Waals surface area contributed by atoms with Crippen molar-refractivity contribution in [1.82, 2.24) is 16.0 Å². The lowest BCUT2D eigenvalue weighted by Crippen LogP contribution is -2.66. The van der Waals surface area contributed by atoms with E-state index in [0.29, 0.717) is 58.3 Å². The summed E-state index contributed by atoms with van der Waals surface area (Å²) in [4.78, 5) is 6.12. The molecule has 0 unspecified atom stereocenters. The van der Waals surface area contributed by atoms with E-state index in [1.165, 1.54) is 162 Å². The van der Waals surface area contributed by atoms with E-state index >= 15 is 0 Å². The zero-order chi connectivity index (χ0) is 99.0. The molecule has 28 rings (SSSR count). The zero-order valence-corrected chi connectivity index (χ0v) is 83.8. The molecule has 0 amide bonds. The number of phenols is 7. The van der Waals surface area contributed by atoms with Crippen molar-refractivity contribution in [3.05, 3.63) is 374 Å². The van der Waals surface area contributed by atoms with Gasteiger partial charge in [0, 0.05) is 125 Å². The Hall–Kier alpha value is -13.8. The second kappa shape index (κ2) is 36.6. The maximum absolute atomic E-state index is 13.5. The fourth-order valence-corrected chi connectivity index (χ4v) is 27.3. The molecule has 4 aliphatic carbocycles. The molecular formula is C123H120N6O12S2. The van der Waals surface area contributed by atoms with Crippen LogP contribution >= 0.6 is 11.8 Å². The number of nitrogens with zero attached hydrogens (tertiary/aromatic N) is 3. The number of sulfonamides is 1. The molecule has 143 heavy (non-hydrogen) atoms. The first-order valence-corrected chi connectivity index (χ1v) is 51.9. The molecule has 15 aromatic rings. The third-order valence-electron chi connectivity index (χ3n) is 32.2. The number of anilines is 3. The van der Waals surface area contributed by atoms with E-state index in [9.17, 15) is 44.2 Å². The summed E-state index contributed by atoms with van der Waals surface area (Å²) in [6, 6.07) is 94.2. The Morgan fingerprint density at radius 1 is 0.350 bits per heavy atom. The number of ether oxygens (including phenoxy) is 3. The second-order valence-corrected chi connectivity index (χ2v) is 44.7. The van der Waals surface area contributed by atoms with Crippen LogP contribution in [0.1, 0.15) is 115 Å². The second-order valence-electron chi connectivity index (χ2n) is 41.4. The summed E-state index contributed by atoms with van der Waals surface area (Å²) >= 11 is 1.95. The van der Waals surface area contributed by atoms with Gasteiger partial charge in [0.25, 0.3) is 10.0 Å². The largest absolute Gasteiger partial charge is 0.508 e. The number of fused-ring (bicyclic) bond motifs is 27. The van der Waals surface area contributed by atoms with Gasteiger partial charge in [-0.2, -0.15) is 0 Å². The van der Waals surface area contributed by atoms with Crippen molar-refractivity contribution in [1.29, 1.82) is 0 Å². The van der Waals surface area contributed by atoms with Crippen molar-refractivity contribution in [2.24, 2.45) is 0 Å². The topological polar surface area (TPSA) is 249 Å². The number of thioether (sulfide) groups is 1. The first kappa shape index (κ1) is 94.1. The van der Waals surface area contributed by atoms with Crippen LogP contribution in [-0.2, 0) is 83.8 Å². The highest BCUT2D eigenvalue weighted by molar-refractivity contribution is 8.00. The van der Waals surface area contributed by atoms with Crippen LogP contribution in [0.2, 0.25) is 0 Å². The van der Waals surface area contributed by atoms with Gasteiger partial charge in [-0.05, 0) is 317 Å². The number of benzene rings is 15. The van der Waals surface area contributed by atoms with E-state index < -0.39 is 10.0 Å². The molecule has 0 radical (unpaired) electrons. The van der Waals surface area contributed by atoms with Gasteiger partial charge in [-0.15, -0.1) is 11.8 Å². The Morgan fingerprint density at radius 2 is 0.741 bits per heavy atom. The Kier molecular flexibility index (Phi) is 24.1. The maximum Gasteiger partial charge on any atom is 0.265 e. The quantitative estimate of drug-likeness (QED) is 0.0787. The van der Waals surface area contributed by atoms with E-state index in [0.717, 1.165) is 123 Å². The Bertz CT molecular complexity index is 7110. The summed E-state index contributed by atoms with van der Waals surface area (Å²) < 4.78 is 45.1. The number of nitrogens with one attached hydrogen (secondary N) is 3. The van der Waals surface area contributed by atoms with Crippen molar-refractivity contribution in [3.63, 3.8) is 0 Å². The molecule has 0 atom stereocenters. The van der Waals surface area contributed by atoms with Crippen molar-refractivity contribution < 1.29 is 58.4 Å². The zero-order valence-electron chi connectivity index (χ0n) is 82.2. The number of aromatic hydroxyl groups is 7. The van der Waals surface area contributed by atoms with Gasteiger partial charge in [-0.1, -0.05) is 187 Å². The van der Waals surface area contributed by atoms with Gasteiger partial charge in [0.15, 0.2) is 0 Å². The minimum Gasteiger partial charge on any atom is -0.508 e. The van der Waals surface area contributed by atoms with Crippen LogP contribution in [0.5, 0.6) is 46.0 Å². The summed E-state index contributed by atoms with van der Waals surface area (Å²) in [6.07, 6.45) is 7.73. The summed E-state index contributed by atoms with van der Waals surface area (Å²) in [5, 5.41) is 78.7. The van der Waals surface area contributed by atoms with Crippen molar-refractivity contribution >= 4 is 38.8 Å². The van der Waals surface area contributed by atoms with E-state index in [-0.39, 0.29) is 50.1 Å². The predicted octanol–water partition coefficient (Wildman–Crippen LogP) is 23.3. The van der Waals surface area contributed by atoms with E-state index in [2.05, 4.69) is 177 Å². The fourth-order valence-electron chi connectivity index (χ4n) is 23.9. The molecule has 6 fully saturated rings. The Balaban J connectivity index is 0.0000000957. The maximum atomic E-state index is 13.5. The van der Waals surface area contributed by atoms with Gasteiger partial charge in [0.2, 0.25) is 0 Å². The lowest BCUT2D eigenvalue weighted by molar-refractivity contribution is -0.0604. The molecule has 1 saturated carbocycles. The standard InChI is InChI=1S/C22H21NO3S.C17H18N2O.2C17H17NO.C17H16O2.C17H16OS.C16H15NO3/c1-3-16-9-11-20-19-12-10-18(26-2)14-21(19)23(27(24,25)22(20)13-16)15-17-7-5-4-6-8-17;1-11-3-5-14-13-6-4-12(20)8-15(13)17(9-18-10-17)19(2)16(14)7-11;1-11-2-4-15-14-5-3-13(19)7-12(14)8-17(9-18-10-17)16(15)6-11;1-11-2-4-14-12(6-11)8-17(9-18-10-17)16-7-13(19)3-5-15(14)16;1-11-2-4-14-12(6-11)8-17(9-19-10-17)16-7-13(18)3-5-15(14)16;1-11-3-5-13-14-6-4-12(18)10-16(14)19-17(7-2-8-17)15(13)9-11;1-17-15-7-11(19)3-5-13(15)12-4-2-10(18)6-14(12)16(17)8-20-9-16/h4-14H,3,15H2,1-2H3;3-8,18,20H,9-10H2,1-2H3;2*2-7,18-19H,8-10H2,1H3;2-7,18H,8-10H2,1H3;3-6,9-10,18H,2,7-8H2,1H3;2-7,18-19H,8-9H2,1H3. The Labute approximate surface area is 841 Å². The van der Waals surface area contributed by atoms with Gasteiger partial charge in [-0.25, -0.2) is 8.42 Å². The molecule has 15 aromatic carbocycles. The summed E-state index contributed by atoms with van der Waals surface area (Å²) in [7, 11) is 2.08. The predicted molar refractivity (Wildman–Crippen MR) is 572 cm³/mol. The van der Waals surface area contributed by atoms with Crippen molar-refractivity contribution in [3.8, 4) is 124 Å². The molecule has 13 aliphatic rings. The van der Waals surface area contributed by atoms with Crippen LogP contribution in [0.25, 0.3) is 77.9 Å². The highest BCUT2D eigenvalue weighted by Crippen LogP contribution is 2.63. The molecule has 6 spiro atoms. The normalized spacial score (nSPS) is 17.7. The number of hydrogen-bond acceptors (Lipinski definition) is 18. The van der Waals surface area contributed by atoms with Gasteiger partial charge in [-0.3, -0.25) is 4.31 Å². The molecule has 10 N–H and O–H groups in total.